The summed E-state index contributed by atoms with van der Waals surface area (Å²) in [6.07, 6.45) is 52.8. The Morgan fingerprint density at radius 3 is 0.797 bits per heavy atom. The molecular formula is C61H92N2O4S2+2. The molecule has 0 radical (unpaired) electrons. The quantitative estimate of drug-likeness (QED) is 0.0329. The molecule has 69 heavy (non-hydrogen) atoms. The van der Waals surface area contributed by atoms with Gasteiger partial charge >= 0.3 is 0 Å². The van der Waals surface area contributed by atoms with E-state index in [4.69, 9.17) is 0 Å². The van der Waals surface area contributed by atoms with Crippen LogP contribution in [0, 0.1) is 0 Å². The second-order valence-corrected chi connectivity index (χ2v) is 23.9. The molecule has 6 nitrogen and oxygen atoms in total. The predicted molar refractivity (Wildman–Crippen MR) is 293 cm³/mol. The second-order valence-electron chi connectivity index (χ2n) is 19.7. The lowest BCUT2D eigenvalue weighted by Gasteiger charge is -2.06. The zero-order chi connectivity index (χ0) is 49.1. The van der Waals surface area contributed by atoms with Crippen LogP contribution < -0.4 is 9.13 Å². The maximum atomic E-state index is 13.0. The molecule has 380 valence electrons. The Balaban J connectivity index is 1.05. The highest BCUT2D eigenvalue weighted by atomic mass is 32.2. The van der Waals surface area contributed by atoms with Gasteiger partial charge < -0.3 is 0 Å². The average Bonchev–Trinajstić information content (AvgIpc) is 3.36. The van der Waals surface area contributed by atoms with Crippen LogP contribution in [0.5, 0.6) is 0 Å². The highest BCUT2D eigenvalue weighted by molar-refractivity contribution is 7.91. The molecule has 2 heterocycles. The third-order valence-electron chi connectivity index (χ3n) is 13.6. The minimum Gasteiger partial charge on any atom is -0.224 e. The van der Waals surface area contributed by atoms with E-state index in [9.17, 15) is 16.8 Å². The first kappa shape index (κ1) is 57.7. The molecule has 0 spiro atoms. The Labute approximate surface area is 422 Å². The topological polar surface area (TPSA) is 76.0 Å². The van der Waals surface area contributed by atoms with Gasteiger partial charge in [-0.1, -0.05) is 229 Å². The van der Waals surface area contributed by atoms with Crippen molar-refractivity contribution in [2.45, 2.75) is 223 Å². The van der Waals surface area contributed by atoms with Crippen molar-refractivity contribution in [3.63, 3.8) is 0 Å². The molecule has 4 rings (SSSR count). The fourth-order valence-corrected chi connectivity index (χ4v) is 11.8. The summed E-state index contributed by atoms with van der Waals surface area (Å²) in [6.45, 7) is 6.34. The molecule has 2 aromatic heterocycles. The normalized spacial score (nSPS) is 12.2. The Kier molecular flexibility index (Phi) is 29.5. The van der Waals surface area contributed by atoms with Gasteiger partial charge in [-0.2, -0.15) is 0 Å². The standard InChI is InChI=1S/C61H92N2O4S2/c1-3-5-7-9-11-13-15-17-19-21-23-25-27-29-54-68(64,65)60-40-36-56(37-41-60)32-34-58-44-50-62(51-45-58)48-31-49-63-52-46-59(47-53-63)35-33-57-38-42-61(43-39-57)69(66,67)55-30-28-26-24-22-20-18-16-14-12-10-8-6-4-2/h32-47,50-53H,3-31,48-49,54-55H2,1-2H3/q+2/b34-32+,35-33+. The van der Waals surface area contributed by atoms with Crippen LogP contribution in [0.15, 0.2) is 107 Å². The van der Waals surface area contributed by atoms with Crippen LogP contribution in [-0.4, -0.2) is 28.3 Å². The molecule has 0 atom stereocenters. The number of rotatable bonds is 40. The number of aromatic nitrogens is 2. The zero-order valence-electron chi connectivity index (χ0n) is 43.2. The summed E-state index contributed by atoms with van der Waals surface area (Å²) in [6, 6.07) is 23.0. The van der Waals surface area contributed by atoms with Gasteiger partial charge in [-0.05, 0) is 59.4 Å². The van der Waals surface area contributed by atoms with Gasteiger partial charge in [-0.3, -0.25) is 0 Å². The number of sulfone groups is 2. The summed E-state index contributed by atoms with van der Waals surface area (Å²) in [5.41, 5.74) is 4.14. The predicted octanol–water partition coefficient (Wildman–Crippen LogP) is 16.2. The lowest BCUT2D eigenvalue weighted by molar-refractivity contribution is -0.726. The van der Waals surface area contributed by atoms with Gasteiger partial charge in [0, 0.05) is 24.3 Å². The largest absolute Gasteiger partial charge is 0.224 e. The monoisotopic (exact) mass is 981 g/mol. The van der Waals surface area contributed by atoms with Crippen LogP contribution in [0.2, 0.25) is 0 Å². The van der Waals surface area contributed by atoms with Gasteiger partial charge in [0.15, 0.2) is 57.6 Å². The lowest BCUT2D eigenvalue weighted by Crippen LogP contribution is -2.38. The Morgan fingerprint density at radius 2 is 0.536 bits per heavy atom. The molecule has 0 bridgehead atoms. The number of hydrogen-bond acceptors (Lipinski definition) is 4. The number of pyridine rings is 2. The summed E-state index contributed by atoms with van der Waals surface area (Å²) in [7, 11) is -6.53. The summed E-state index contributed by atoms with van der Waals surface area (Å²) < 4.78 is 56.3. The van der Waals surface area contributed by atoms with Crippen LogP contribution in [0.3, 0.4) is 0 Å². The molecule has 0 unspecified atom stereocenters. The fraction of sp³-hybridized carbons (Fsp3) is 0.574. The molecule has 0 fully saturated rings. The van der Waals surface area contributed by atoms with Gasteiger partial charge in [0.1, 0.15) is 0 Å². The summed E-state index contributed by atoms with van der Waals surface area (Å²) in [5, 5.41) is 0. The SMILES string of the molecule is CCCCCCCCCCCCCCCCS(=O)(=O)c1ccc(/C=C/c2cc[n+](CCC[n+]3ccc(/C=C/c4ccc(S(=O)(=O)CCCCCCCCCCCCCCCC)cc4)cc3)cc2)cc1. The first-order chi connectivity index (χ1) is 33.7. The molecular weight excluding hydrogens is 889 g/mol. The second kappa shape index (κ2) is 35.3. The zero-order valence-corrected chi connectivity index (χ0v) is 44.9. The summed E-state index contributed by atoms with van der Waals surface area (Å²) in [5.74, 6) is 0.448. The molecule has 8 heteroatoms. The van der Waals surface area contributed by atoms with Crippen molar-refractivity contribution in [3.05, 3.63) is 120 Å². The Hall–Kier alpha value is -3.88. The van der Waals surface area contributed by atoms with Crippen LogP contribution in [0.25, 0.3) is 24.3 Å². The van der Waals surface area contributed by atoms with Crippen molar-refractivity contribution in [1.29, 1.82) is 0 Å². The number of aryl methyl sites for hydroxylation is 2. The van der Waals surface area contributed by atoms with Crippen molar-refractivity contribution >= 4 is 44.0 Å². The Morgan fingerprint density at radius 1 is 0.304 bits per heavy atom. The van der Waals surface area contributed by atoms with Crippen LogP contribution in [-0.2, 0) is 32.8 Å². The lowest BCUT2D eigenvalue weighted by atomic mass is 10.0. The Bertz CT molecular complexity index is 2040. The van der Waals surface area contributed by atoms with Crippen molar-refractivity contribution < 1.29 is 26.0 Å². The minimum atomic E-state index is -3.26. The number of benzene rings is 2. The maximum Gasteiger partial charge on any atom is 0.178 e. The fourth-order valence-electron chi connectivity index (χ4n) is 9.06. The van der Waals surface area contributed by atoms with E-state index in [2.05, 4.69) is 84.2 Å². The van der Waals surface area contributed by atoms with E-state index in [1.165, 1.54) is 141 Å². The van der Waals surface area contributed by atoms with E-state index in [-0.39, 0.29) is 11.5 Å². The van der Waals surface area contributed by atoms with E-state index < -0.39 is 19.7 Å². The minimum absolute atomic E-state index is 0.224. The van der Waals surface area contributed by atoms with E-state index in [1.807, 2.05) is 36.4 Å². The first-order valence-electron chi connectivity index (χ1n) is 27.7. The van der Waals surface area contributed by atoms with Crippen molar-refractivity contribution in [3.8, 4) is 0 Å². The molecule has 0 aliphatic rings. The first-order valence-corrected chi connectivity index (χ1v) is 31.0. The molecule has 0 saturated heterocycles. The summed E-state index contributed by atoms with van der Waals surface area (Å²) >= 11 is 0. The molecule has 0 aliphatic heterocycles. The van der Waals surface area contributed by atoms with Gasteiger partial charge in [-0.15, -0.1) is 0 Å². The molecule has 0 amide bonds. The van der Waals surface area contributed by atoms with Crippen LogP contribution >= 0.6 is 0 Å². The molecule has 0 aliphatic carbocycles. The average molecular weight is 982 g/mol. The summed E-state index contributed by atoms with van der Waals surface area (Å²) in [4.78, 5) is 0.834. The molecule has 0 saturated carbocycles. The number of unbranched alkanes of at least 4 members (excludes halogenated alkanes) is 26. The van der Waals surface area contributed by atoms with Crippen molar-refractivity contribution in [2.24, 2.45) is 0 Å². The maximum absolute atomic E-state index is 13.0. The van der Waals surface area contributed by atoms with Gasteiger partial charge in [0.25, 0.3) is 0 Å². The van der Waals surface area contributed by atoms with Gasteiger partial charge in [0.2, 0.25) is 0 Å². The number of hydrogen-bond donors (Lipinski definition) is 0. The van der Waals surface area contributed by atoms with Crippen LogP contribution in [0.4, 0.5) is 0 Å². The third-order valence-corrected chi connectivity index (χ3v) is 17.2. The smallest absolute Gasteiger partial charge is 0.178 e. The van der Waals surface area contributed by atoms with E-state index in [1.54, 1.807) is 24.3 Å². The highest BCUT2D eigenvalue weighted by Crippen LogP contribution is 2.20. The number of nitrogens with zero attached hydrogens (tertiary/aromatic N) is 2. The highest BCUT2D eigenvalue weighted by Gasteiger charge is 2.15. The van der Waals surface area contributed by atoms with E-state index >= 15 is 0 Å². The third kappa shape index (κ3) is 25.7. The van der Waals surface area contributed by atoms with Gasteiger partial charge in [-0.25, -0.2) is 26.0 Å². The van der Waals surface area contributed by atoms with Gasteiger partial charge in [0.05, 0.1) is 27.7 Å². The van der Waals surface area contributed by atoms with Crippen molar-refractivity contribution in [1.82, 2.24) is 0 Å². The van der Waals surface area contributed by atoms with E-state index in [0.29, 0.717) is 9.79 Å². The van der Waals surface area contributed by atoms with E-state index in [0.717, 1.165) is 80.3 Å². The molecule has 2 aromatic carbocycles. The van der Waals surface area contributed by atoms with Crippen LogP contribution in [0.1, 0.15) is 222 Å². The molecule has 0 N–H and O–H groups in total. The van der Waals surface area contributed by atoms with Crippen molar-refractivity contribution in [2.75, 3.05) is 11.5 Å². The molecule has 4 aromatic rings.